The van der Waals surface area contributed by atoms with Crippen LogP contribution >= 0.6 is 7.60 Å². The van der Waals surface area contributed by atoms with Crippen molar-refractivity contribution in [3.63, 3.8) is 0 Å². The lowest BCUT2D eigenvalue weighted by Gasteiger charge is -2.42. The Kier molecular flexibility index (Phi) is 13.9. The quantitative estimate of drug-likeness (QED) is 0.0572. The fraction of sp³-hybridized carbons (Fsp3) is 0.952. The van der Waals surface area contributed by atoms with Crippen molar-refractivity contribution in [3.8, 4) is 0 Å². The lowest BCUT2D eigenvalue weighted by Crippen LogP contribution is -2.74. The van der Waals surface area contributed by atoms with Crippen molar-refractivity contribution in [2.24, 2.45) is 0 Å². The van der Waals surface area contributed by atoms with Gasteiger partial charge in [0.25, 0.3) is 0 Å². The molecule has 264 valence electrons. The maximum atomic E-state index is 13.8. The molecule has 0 aliphatic rings. The van der Waals surface area contributed by atoms with Gasteiger partial charge < -0.3 is 14.5 Å². The third-order valence-electron chi connectivity index (χ3n) is 6.05. The van der Waals surface area contributed by atoms with Crippen LogP contribution < -0.4 is 0 Å². The van der Waals surface area contributed by atoms with Gasteiger partial charge in [0.15, 0.2) is 0 Å². The van der Waals surface area contributed by atoms with E-state index in [1.54, 1.807) is 0 Å². The average Bonchev–Trinajstić information content (AvgIpc) is 2.82. The Labute approximate surface area is 237 Å². The average molecular weight is 712 g/mol. The fourth-order valence-corrected chi connectivity index (χ4v) is 4.00. The molecule has 23 heteroatoms. The molecule has 0 aliphatic carbocycles. The molecule has 0 rings (SSSR count). The number of hydrogen-bond acceptors (Lipinski definition) is 3. The molecule has 0 aromatic heterocycles. The van der Waals surface area contributed by atoms with E-state index in [-0.39, 0.29) is 19.0 Å². The molecule has 0 radical (unpaired) electrons. The van der Waals surface area contributed by atoms with E-state index in [0.717, 1.165) is 0 Å². The van der Waals surface area contributed by atoms with Crippen molar-refractivity contribution in [1.82, 2.24) is 0 Å². The first kappa shape index (κ1) is 42.4. The number of esters is 1. The van der Waals surface area contributed by atoms with Gasteiger partial charge in [-0.1, -0.05) is 38.5 Å². The first-order valence-electron chi connectivity index (χ1n) is 12.3. The predicted molar refractivity (Wildman–Crippen MR) is 115 cm³/mol. The predicted octanol–water partition coefficient (Wildman–Crippen LogP) is 8.62. The Morgan fingerprint density at radius 2 is 0.864 bits per heavy atom. The van der Waals surface area contributed by atoms with E-state index in [9.17, 15) is 84.0 Å². The number of ether oxygens (including phenoxy) is 1. The Bertz CT molecular complexity index is 978. The van der Waals surface area contributed by atoms with E-state index in [2.05, 4.69) is 4.74 Å². The molecule has 2 N–H and O–H groups in total. The van der Waals surface area contributed by atoms with Crippen molar-refractivity contribution in [3.05, 3.63) is 0 Å². The van der Waals surface area contributed by atoms with Gasteiger partial charge in [0.2, 0.25) is 0 Å². The molecule has 0 aromatic carbocycles. The highest BCUT2D eigenvalue weighted by Gasteiger charge is 2.95. The topological polar surface area (TPSA) is 83.8 Å². The SMILES string of the molecule is O=C(CCCCCCCCCCP(=O)(O)O)OCCC(F)(F)C(F)(F)C(F)(F)C(F)(F)C(F)(F)C(F)(F)C(F)(F)C(F)(F)F. The van der Waals surface area contributed by atoms with Gasteiger partial charge in [0.1, 0.15) is 0 Å². The molecular formula is C21H26F17O5P. The summed E-state index contributed by atoms with van der Waals surface area (Å²) >= 11 is 0. The summed E-state index contributed by atoms with van der Waals surface area (Å²) in [5.74, 6) is -58.3. The second kappa shape index (κ2) is 14.5. The first-order chi connectivity index (χ1) is 19.4. The van der Waals surface area contributed by atoms with E-state index >= 15 is 0 Å². The Morgan fingerprint density at radius 1 is 0.523 bits per heavy atom. The number of hydrogen-bond donors (Lipinski definition) is 2. The molecule has 44 heavy (non-hydrogen) atoms. The summed E-state index contributed by atoms with van der Waals surface area (Å²) in [6.45, 7) is -1.96. The van der Waals surface area contributed by atoms with Gasteiger partial charge >= 0.3 is 61.2 Å². The molecular weight excluding hydrogens is 686 g/mol. The van der Waals surface area contributed by atoms with Crippen LogP contribution in [0.4, 0.5) is 74.6 Å². The summed E-state index contributed by atoms with van der Waals surface area (Å²) in [5, 5.41) is 0. The standard InChI is InChI=1S/C21H26F17O5P/c22-14(23,10-11-43-13(39)9-7-5-3-1-2-4-6-8-12-44(40,41)42)15(24,25)16(26,27)17(28,29)18(30,31)19(32,33)20(34,35)21(36,37)38/h1-12H2,(H2,40,41,42). The normalized spacial score (nSPS) is 15.1. The third kappa shape index (κ3) is 9.25. The molecule has 0 spiro atoms. The van der Waals surface area contributed by atoms with Gasteiger partial charge in [0.05, 0.1) is 13.0 Å². The molecule has 0 fully saturated rings. The van der Waals surface area contributed by atoms with Crippen LogP contribution in [0.1, 0.15) is 64.2 Å². The summed E-state index contributed by atoms with van der Waals surface area (Å²) in [5.41, 5.74) is 0. The highest BCUT2D eigenvalue weighted by atomic mass is 31.2. The molecule has 0 unspecified atom stereocenters. The van der Waals surface area contributed by atoms with E-state index in [0.29, 0.717) is 38.5 Å². The number of alkyl halides is 17. The maximum absolute atomic E-state index is 13.8. The van der Waals surface area contributed by atoms with Crippen LogP contribution in [-0.4, -0.2) is 76.2 Å². The van der Waals surface area contributed by atoms with Crippen LogP contribution in [0.2, 0.25) is 0 Å². The number of rotatable bonds is 20. The molecule has 0 amide bonds. The Morgan fingerprint density at radius 3 is 1.25 bits per heavy atom. The van der Waals surface area contributed by atoms with Crippen molar-refractivity contribution >= 4 is 13.6 Å². The van der Waals surface area contributed by atoms with Gasteiger partial charge in [-0.15, -0.1) is 0 Å². The van der Waals surface area contributed by atoms with Gasteiger partial charge in [-0.3, -0.25) is 9.36 Å². The molecule has 5 nitrogen and oxygen atoms in total. The van der Waals surface area contributed by atoms with Crippen LogP contribution in [0.25, 0.3) is 0 Å². The summed E-state index contributed by atoms with van der Waals surface area (Å²) in [7, 11) is -4.10. The zero-order valence-corrected chi connectivity index (χ0v) is 22.9. The molecule has 0 bridgehead atoms. The summed E-state index contributed by atoms with van der Waals surface area (Å²) in [6, 6.07) is 0. The third-order valence-corrected chi connectivity index (χ3v) is 6.95. The minimum absolute atomic E-state index is 0.000258. The van der Waals surface area contributed by atoms with Crippen LogP contribution in [0.15, 0.2) is 0 Å². The number of carbonyl (C=O) groups is 1. The molecule has 0 atom stereocenters. The second-order valence-electron chi connectivity index (χ2n) is 9.59. The first-order valence-corrected chi connectivity index (χ1v) is 14.1. The molecule has 0 aromatic rings. The van der Waals surface area contributed by atoms with E-state index in [4.69, 9.17) is 9.79 Å². The fourth-order valence-electron chi connectivity index (χ4n) is 3.37. The van der Waals surface area contributed by atoms with Gasteiger partial charge in [0, 0.05) is 12.6 Å². The highest BCUT2D eigenvalue weighted by Crippen LogP contribution is 2.64. The summed E-state index contributed by atoms with van der Waals surface area (Å²) < 4.78 is 240. The van der Waals surface area contributed by atoms with E-state index in [1.807, 2.05) is 0 Å². The zero-order valence-electron chi connectivity index (χ0n) is 22.0. The summed E-state index contributed by atoms with van der Waals surface area (Å²) in [4.78, 5) is 28.9. The molecule has 0 saturated heterocycles. The van der Waals surface area contributed by atoms with Gasteiger partial charge in [-0.2, -0.15) is 74.6 Å². The number of halogens is 17. The van der Waals surface area contributed by atoms with Crippen molar-refractivity contribution in [2.75, 3.05) is 12.8 Å². The number of unbranched alkanes of at least 4 members (excludes halogenated alkanes) is 7. The highest BCUT2D eigenvalue weighted by molar-refractivity contribution is 7.51. The van der Waals surface area contributed by atoms with Gasteiger partial charge in [-0.25, -0.2) is 0 Å². The Hall–Kier alpha value is -1.57. The molecule has 0 saturated carbocycles. The smallest absolute Gasteiger partial charge is 0.460 e. The maximum Gasteiger partial charge on any atom is 0.460 e. The zero-order chi connectivity index (χ0) is 35.3. The second-order valence-corrected chi connectivity index (χ2v) is 11.4. The van der Waals surface area contributed by atoms with Crippen LogP contribution in [-0.2, 0) is 14.1 Å². The van der Waals surface area contributed by atoms with Crippen molar-refractivity contribution in [2.45, 2.75) is 112 Å². The summed E-state index contributed by atoms with van der Waals surface area (Å²) in [6.07, 6.45) is -8.08. The molecule has 0 heterocycles. The van der Waals surface area contributed by atoms with Crippen LogP contribution in [0.5, 0.6) is 0 Å². The van der Waals surface area contributed by atoms with Crippen molar-refractivity contribution < 1.29 is 98.5 Å². The van der Waals surface area contributed by atoms with Crippen LogP contribution in [0, 0.1) is 0 Å². The lowest BCUT2D eigenvalue weighted by atomic mass is 9.88. The van der Waals surface area contributed by atoms with Crippen LogP contribution in [0.3, 0.4) is 0 Å². The minimum Gasteiger partial charge on any atom is -0.465 e. The largest absolute Gasteiger partial charge is 0.465 e. The van der Waals surface area contributed by atoms with E-state index < -0.39 is 80.6 Å². The monoisotopic (exact) mass is 712 g/mol. The Balaban J connectivity index is 5.14. The molecule has 0 aliphatic heterocycles. The van der Waals surface area contributed by atoms with E-state index in [1.165, 1.54) is 0 Å². The van der Waals surface area contributed by atoms with Gasteiger partial charge in [-0.05, 0) is 12.8 Å². The lowest BCUT2D eigenvalue weighted by molar-refractivity contribution is -0.461. The van der Waals surface area contributed by atoms with Crippen molar-refractivity contribution in [1.29, 1.82) is 0 Å². The number of carbonyl (C=O) groups excluding carboxylic acids is 1. The minimum atomic E-state index is -8.69.